The van der Waals surface area contributed by atoms with Crippen molar-refractivity contribution in [1.29, 1.82) is 0 Å². The standard InChI is InChI=1S/C4H8OS2.Zn/c1-2-3-5-4(6)7;/h2-3H2,1H3,(H,6,7);. The van der Waals surface area contributed by atoms with Crippen molar-refractivity contribution in [3.05, 3.63) is 0 Å². The molecule has 44 valence electrons. The summed E-state index contributed by atoms with van der Waals surface area (Å²) in [5.41, 5.74) is 0. The van der Waals surface area contributed by atoms with E-state index in [1.807, 2.05) is 6.92 Å². The zero-order chi connectivity index (χ0) is 5.70. The van der Waals surface area contributed by atoms with Gasteiger partial charge in [-0.25, -0.2) is 0 Å². The van der Waals surface area contributed by atoms with Crippen molar-refractivity contribution in [2.45, 2.75) is 13.3 Å². The molecule has 8 heavy (non-hydrogen) atoms. The molecule has 0 aromatic carbocycles. The van der Waals surface area contributed by atoms with E-state index in [0.717, 1.165) is 6.42 Å². The van der Waals surface area contributed by atoms with Gasteiger partial charge in [-0.2, -0.15) is 0 Å². The average Bonchev–Trinajstić information content (AvgIpc) is 1.61. The molecular formula is C4H8OS2Zn. The van der Waals surface area contributed by atoms with Crippen molar-refractivity contribution in [3.8, 4) is 0 Å². The van der Waals surface area contributed by atoms with Crippen LogP contribution in [0.2, 0.25) is 0 Å². The van der Waals surface area contributed by atoms with E-state index < -0.39 is 0 Å². The summed E-state index contributed by atoms with van der Waals surface area (Å²) in [6.07, 6.45) is 0.987. The number of rotatable bonds is 2. The Balaban J connectivity index is 0. The summed E-state index contributed by atoms with van der Waals surface area (Å²) in [4.78, 5) is 0. The Labute approximate surface area is 73.3 Å². The van der Waals surface area contributed by atoms with Gasteiger partial charge in [-0.15, -0.1) is 0 Å². The van der Waals surface area contributed by atoms with Crippen LogP contribution < -0.4 is 0 Å². The van der Waals surface area contributed by atoms with Gasteiger partial charge < -0.3 is 4.74 Å². The molecule has 0 atom stereocenters. The van der Waals surface area contributed by atoms with Crippen LogP contribution >= 0.6 is 24.8 Å². The Morgan fingerprint density at radius 3 is 2.38 bits per heavy atom. The van der Waals surface area contributed by atoms with Crippen LogP contribution in [0.15, 0.2) is 0 Å². The molecule has 0 aliphatic rings. The molecule has 0 aromatic rings. The maximum atomic E-state index is 4.79. The summed E-state index contributed by atoms with van der Waals surface area (Å²) in [6, 6.07) is 0. The molecule has 0 saturated carbocycles. The van der Waals surface area contributed by atoms with Gasteiger partial charge in [-0.05, 0) is 18.6 Å². The van der Waals surface area contributed by atoms with Gasteiger partial charge in [0.1, 0.15) is 0 Å². The first-order valence-corrected chi connectivity index (χ1v) is 2.98. The van der Waals surface area contributed by atoms with Crippen molar-refractivity contribution in [1.82, 2.24) is 0 Å². The second kappa shape index (κ2) is 7.86. The van der Waals surface area contributed by atoms with Crippen molar-refractivity contribution in [2.24, 2.45) is 0 Å². The van der Waals surface area contributed by atoms with E-state index in [-0.39, 0.29) is 19.5 Å². The van der Waals surface area contributed by atoms with Gasteiger partial charge in [0.05, 0.1) is 6.61 Å². The van der Waals surface area contributed by atoms with Crippen molar-refractivity contribution in [3.63, 3.8) is 0 Å². The maximum absolute atomic E-state index is 4.79. The molecule has 0 aromatic heterocycles. The summed E-state index contributed by atoms with van der Waals surface area (Å²) >= 11 is 8.24. The molecule has 0 fully saturated rings. The van der Waals surface area contributed by atoms with Crippen molar-refractivity contribution < 1.29 is 24.2 Å². The number of hydrogen-bond acceptors (Lipinski definition) is 2. The fourth-order valence-corrected chi connectivity index (χ4v) is 0.364. The number of ether oxygens (including phenoxy) is 1. The first-order valence-electron chi connectivity index (χ1n) is 2.13. The van der Waals surface area contributed by atoms with Gasteiger partial charge in [-0.3, -0.25) is 0 Å². The molecule has 0 N–H and O–H groups in total. The minimum Gasteiger partial charge on any atom is -0.479 e. The molecule has 0 saturated heterocycles. The van der Waals surface area contributed by atoms with E-state index in [2.05, 4.69) is 24.8 Å². The Morgan fingerprint density at radius 1 is 1.75 bits per heavy atom. The van der Waals surface area contributed by atoms with Gasteiger partial charge in [0.2, 0.25) is 4.38 Å². The summed E-state index contributed by atoms with van der Waals surface area (Å²) < 4.78 is 5.12. The fourth-order valence-electron chi connectivity index (χ4n) is 0.189. The first kappa shape index (κ1) is 11.6. The molecule has 0 aliphatic carbocycles. The average molecular weight is 202 g/mol. The van der Waals surface area contributed by atoms with E-state index in [9.17, 15) is 0 Å². The third kappa shape index (κ3) is 9.98. The molecule has 4 heteroatoms. The second-order valence-corrected chi connectivity index (χ2v) is 2.19. The molecule has 0 aliphatic heterocycles. The van der Waals surface area contributed by atoms with Crippen LogP contribution in [0, 0.1) is 0 Å². The summed E-state index contributed by atoms with van der Waals surface area (Å²) in [5.74, 6) is 0. The quantitative estimate of drug-likeness (QED) is 0.413. The smallest absolute Gasteiger partial charge is 0.216 e. The Kier molecular flexibility index (Phi) is 11.4. The normalized spacial score (nSPS) is 7.25. The van der Waals surface area contributed by atoms with Crippen LogP contribution in [0.5, 0.6) is 0 Å². The predicted molar refractivity (Wildman–Crippen MR) is 37.8 cm³/mol. The largest absolute Gasteiger partial charge is 0.479 e. The summed E-state index contributed by atoms with van der Waals surface area (Å²) in [6.45, 7) is 2.70. The molecule has 0 spiro atoms. The Hall–Kier alpha value is 0.863. The fraction of sp³-hybridized carbons (Fsp3) is 0.750. The van der Waals surface area contributed by atoms with Crippen LogP contribution in [-0.4, -0.2) is 11.0 Å². The van der Waals surface area contributed by atoms with Crippen molar-refractivity contribution in [2.75, 3.05) is 6.61 Å². The van der Waals surface area contributed by atoms with Crippen LogP contribution in [0.25, 0.3) is 0 Å². The van der Waals surface area contributed by atoms with Crippen LogP contribution in [0.3, 0.4) is 0 Å². The SMILES string of the molecule is CCCOC(=S)S.[Zn]. The molecule has 0 unspecified atom stereocenters. The molecule has 0 bridgehead atoms. The Bertz CT molecular complexity index is 67.1. The zero-order valence-corrected chi connectivity index (χ0v) is 9.56. The van der Waals surface area contributed by atoms with Crippen LogP contribution in [0.4, 0.5) is 0 Å². The predicted octanol–water partition coefficient (Wildman–Crippen LogP) is 1.63. The minimum atomic E-state index is 0. The molecular weight excluding hydrogens is 194 g/mol. The van der Waals surface area contributed by atoms with Gasteiger partial charge in [0.15, 0.2) is 0 Å². The van der Waals surface area contributed by atoms with E-state index in [1.165, 1.54) is 0 Å². The minimum absolute atomic E-state index is 0. The Morgan fingerprint density at radius 2 is 2.25 bits per heavy atom. The van der Waals surface area contributed by atoms with Crippen molar-refractivity contribution >= 4 is 29.2 Å². The van der Waals surface area contributed by atoms with E-state index >= 15 is 0 Å². The van der Waals surface area contributed by atoms with E-state index in [0.29, 0.717) is 11.0 Å². The zero-order valence-electron chi connectivity index (χ0n) is 4.89. The van der Waals surface area contributed by atoms with Gasteiger partial charge >= 0.3 is 0 Å². The molecule has 0 rings (SSSR count). The topological polar surface area (TPSA) is 9.23 Å². The summed E-state index contributed by atoms with van der Waals surface area (Å²) in [7, 11) is 0. The second-order valence-electron chi connectivity index (χ2n) is 1.11. The molecule has 1 nitrogen and oxygen atoms in total. The van der Waals surface area contributed by atoms with E-state index in [1.54, 1.807) is 0 Å². The molecule has 0 amide bonds. The summed E-state index contributed by atoms with van der Waals surface area (Å²) in [5, 5.41) is 0. The first-order chi connectivity index (χ1) is 3.27. The maximum Gasteiger partial charge on any atom is 0.216 e. The number of thiocarbonyl (C=S) groups is 1. The number of hydrogen-bond donors (Lipinski definition) is 1. The number of thiol groups is 1. The third-order valence-corrected chi connectivity index (χ3v) is 0.677. The third-order valence-electron chi connectivity index (χ3n) is 0.430. The van der Waals surface area contributed by atoms with Crippen LogP contribution in [0.1, 0.15) is 13.3 Å². The van der Waals surface area contributed by atoms with Gasteiger partial charge in [0.25, 0.3) is 0 Å². The molecule has 0 heterocycles. The van der Waals surface area contributed by atoms with E-state index in [4.69, 9.17) is 4.74 Å². The molecule has 0 radical (unpaired) electrons. The van der Waals surface area contributed by atoms with Crippen LogP contribution in [-0.2, 0) is 24.2 Å². The van der Waals surface area contributed by atoms with Gasteiger partial charge in [-0.1, -0.05) is 19.6 Å². The monoisotopic (exact) mass is 200 g/mol. The van der Waals surface area contributed by atoms with Gasteiger partial charge in [0, 0.05) is 19.5 Å².